The molecule has 1 aliphatic heterocycles. The molecule has 1 aliphatic rings. The molecule has 2 aromatic rings. The summed E-state index contributed by atoms with van der Waals surface area (Å²) in [6.45, 7) is 12.4. The van der Waals surface area contributed by atoms with Gasteiger partial charge in [-0.15, -0.1) is 0 Å². The van der Waals surface area contributed by atoms with Crippen LogP contribution >= 0.6 is 0 Å². The number of H-pyrrole nitrogens is 1. The number of rotatable bonds is 3. The third-order valence-corrected chi connectivity index (χ3v) is 4.39. The Bertz CT molecular complexity index is 587. The lowest BCUT2D eigenvalue weighted by Gasteiger charge is -2.46. The summed E-state index contributed by atoms with van der Waals surface area (Å²) in [4.78, 5) is 13.0. The van der Waals surface area contributed by atoms with Crippen LogP contribution in [0.4, 0.5) is 0 Å². The largest absolute Gasteiger partial charge is 0.346 e. The van der Waals surface area contributed by atoms with E-state index in [1.54, 1.807) is 0 Å². The molecule has 0 aliphatic carbocycles. The number of nitrogens with zero attached hydrogens (tertiary/aromatic N) is 3. The van der Waals surface area contributed by atoms with Crippen molar-refractivity contribution < 1.29 is 0 Å². The van der Waals surface area contributed by atoms with E-state index in [2.05, 4.69) is 53.8 Å². The van der Waals surface area contributed by atoms with Crippen molar-refractivity contribution in [1.29, 1.82) is 0 Å². The van der Waals surface area contributed by atoms with E-state index in [4.69, 9.17) is 4.98 Å². The van der Waals surface area contributed by atoms with Gasteiger partial charge in [0.2, 0.25) is 0 Å². The molecule has 108 valence electrons. The van der Waals surface area contributed by atoms with E-state index in [1.807, 2.05) is 6.20 Å². The molecule has 0 saturated carbocycles. The van der Waals surface area contributed by atoms with Gasteiger partial charge in [0.25, 0.3) is 0 Å². The Morgan fingerprint density at radius 3 is 2.85 bits per heavy atom. The predicted octanol–water partition coefficient (Wildman–Crippen LogP) is 2.48. The zero-order valence-electron chi connectivity index (χ0n) is 12.7. The molecule has 1 fully saturated rings. The molecule has 0 bridgehead atoms. The highest BCUT2D eigenvalue weighted by Crippen LogP contribution is 2.22. The van der Waals surface area contributed by atoms with Crippen LogP contribution in [-0.4, -0.2) is 51.5 Å². The number of pyridine rings is 1. The van der Waals surface area contributed by atoms with Crippen LogP contribution in [0.25, 0.3) is 11.0 Å². The summed E-state index contributed by atoms with van der Waals surface area (Å²) in [6.07, 6.45) is 1.95. The molecule has 1 saturated heterocycles. The summed E-state index contributed by atoms with van der Waals surface area (Å²) in [5, 5.41) is 1.19. The predicted molar refractivity (Wildman–Crippen MR) is 82.7 cm³/mol. The number of aromatic amines is 1. The van der Waals surface area contributed by atoms with Gasteiger partial charge in [-0.25, -0.2) is 4.98 Å². The summed E-state index contributed by atoms with van der Waals surface area (Å²) in [5.74, 6) is 0. The average Bonchev–Trinajstić information content (AvgIpc) is 2.85. The molecular formula is C16H24N4. The standard InChI is InChI=1S/C16H24N4/c1-4-20-10-9-19(12-16(20,2)3)11-14-6-5-13-7-8-17-15(13)18-14/h5-8H,4,9-12H2,1-3H3,(H,17,18). The van der Waals surface area contributed by atoms with E-state index in [-0.39, 0.29) is 5.54 Å². The van der Waals surface area contributed by atoms with Gasteiger partial charge in [0.15, 0.2) is 0 Å². The lowest BCUT2D eigenvalue weighted by atomic mass is 9.98. The molecular weight excluding hydrogens is 248 g/mol. The Labute approximate surface area is 120 Å². The van der Waals surface area contributed by atoms with E-state index >= 15 is 0 Å². The van der Waals surface area contributed by atoms with Crippen molar-refractivity contribution in [2.45, 2.75) is 32.9 Å². The first-order chi connectivity index (χ1) is 9.58. The van der Waals surface area contributed by atoms with Crippen molar-refractivity contribution in [3.8, 4) is 0 Å². The highest BCUT2D eigenvalue weighted by Gasteiger charge is 2.32. The number of hydrogen-bond acceptors (Lipinski definition) is 3. The molecule has 0 aromatic carbocycles. The van der Waals surface area contributed by atoms with Crippen LogP contribution < -0.4 is 0 Å². The maximum atomic E-state index is 4.71. The van der Waals surface area contributed by atoms with Crippen LogP contribution in [0.1, 0.15) is 26.5 Å². The molecule has 2 aromatic heterocycles. The SMILES string of the molecule is CCN1CCN(Cc2ccc3cc[nH]c3n2)CC1(C)C. The van der Waals surface area contributed by atoms with Gasteiger partial charge in [0.05, 0.1) is 5.69 Å². The Morgan fingerprint density at radius 2 is 2.10 bits per heavy atom. The van der Waals surface area contributed by atoms with Crippen molar-refractivity contribution >= 4 is 11.0 Å². The van der Waals surface area contributed by atoms with Crippen molar-refractivity contribution in [3.63, 3.8) is 0 Å². The Morgan fingerprint density at radius 1 is 1.25 bits per heavy atom. The van der Waals surface area contributed by atoms with Gasteiger partial charge < -0.3 is 4.98 Å². The van der Waals surface area contributed by atoms with Crippen LogP contribution in [0.5, 0.6) is 0 Å². The van der Waals surface area contributed by atoms with Crippen LogP contribution in [0.2, 0.25) is 0 Å². The molecule has 0 radical (unpaired) electrons. The summed E-state index contributed by atoms with van der Waals surface area (Å²) in [6, 6.07) is 6.37. The van der Waals surface area contributed by atoms with Crippen LogP contribution in [0.15, 0.2) is 24.4 Å². The van der Waals surface area contributed by atoms with Gasteiger partial charge in [-0.1, -0.05) is 6.92 Å². The second-order valence-electron chi connectivity index (χ2n) is 6.32. The minimum atomic E-state index is 0.254. The zero-order valence-corrected chi connectivity index (χ0v) is 12.7. The van der Waals surface area contributed by atoms with Crippen LogP contribution in [0, 0.1) is 0 Å². The lowest BCUT2D eigenvalue weighted by Crippen LogP contribution is -2.58. The first kappa shape index (κ1) is 13.6. The molecule has 3 rings (SSSR count). The smallest absolute Gasteiger partial charge is 0.137 e. The fraction of sp³-hybridized carbons (Fsp3) is 0.562. The Hall–Kier alpha value is -1.39. The van der Waals surface area contributed by atoms with Crippen LogP contribution in [0.3, 0.4) is 0 Å². The summed E-state index contributed by atoms with van der Waals surface area (Å²) in [7, 11) is 0. The minimum absolute atomic E-state index is 0.254. The Balaban J connectivity index is 1.71. The molecule has 0 atom stereocenters. The summed E-state index contributed by atoms with van der Waals surface area (Å²) < 4.78 is 0. The van der Waals surface area contributed by atoms with E-state index in [1.165, 1.54) is 5.39 Å². The number of piperazine rings is 1. The third kappa shape index (κ3) is 2.58. The highest BCUT2D eigenvalue weighted by molar-refractivity contribution is 5.75. The second-order valence-corrected chi connectivity index (χ2v) is 6.32. The number of hydrogen-bond donors (Lipinski definition) is 1. The van der Waals surface area contributed by atoms with Gasteiger partial charge >= 0.3 is 0 Å². The molecule has 4 heteroatoms. The lowest BCUT2D eigenvalue weighted by molar-refractivity contribution is 0.0197. The van der Waals surface area contributed by atoms with E-state index < -0.39 is 0 Å². The maximum absolute atomic E-state index is 4.71. The van der Waals surface area contributed by atoms with Crippen molar-refractivity contribution in [3.05, 3.63) is 30.1 Å². The summed E-state index contributed by atoms with van der Waals surface area (Å²) >= 11 is 0. The monoisotopic (exact) mass is 272 g/mol. The number of likely N-dealkylation sites (N-methyl/N-ethyl adjacent to an activating group) is 1. The first-order valence-corrected chi connectivity index (χ1v) is 7.49. The molecule has 0 spiro atoms. The number of aromatic nitrogens is 2. The van der Waals surface area contributed by atoms with Crippen LogP contribution in [-0.2, 0) is 6.54 Å². The zero-order chi connectivity index (χ0) is 14.2. The van der Waals surface area contributed by atoms with E-state index in [9.17, 15) is 0 Å². The maximum Gasteiger partial charge on any atom is 0.137 e. The van der Waals surface area contributed by atoms with E-state index in [0.717, 1.165) is 44.1 Å². The number of nitrogens with one attached hydrogen (secondary N) is 1. The fourth-order valence-corrected chi connectivity index (χ4v) is 3.30. The van der Waals surface area contributed by atoms with Gasteiger partial charge in [-0.05, 0) is 38.6 Å². The molecule has 3 heterocycles. The van der Waals surface area contributed by atoms with Crippen molar-refractivity contribution in [2.75, 3.05) is 26.2 Å². The van der Waals surface area contributed by atoms with Crippen molar-refractivity contribution in [1.82, 2.24) is 19.8 Å². The van der Waals surface area contributed by atoms with Gasteiger partial charge in [0.1, 0.15) is 5.65 Å². The average molecular weight is 272 g/mol. The highest BCUT2D eigenvalue weighted by atomic mass is 15.3. The molecule has 20 heavy (non-hydrogen) atoms. The third-order valence-electron chi connectivity index (χ3n) is 4.39. The van der Waals surface area contributed by atoms with Crippen molar-refractivity contribution in [2.24, 2.45) is 0 Å². The normalized spacial score (nSPS) is 20.6. The molecule has 4 nitrogen and oxygen atoms in total. The molecule has 0 unspecified atom stereocenters. The second kappa shape index (κ2) is 5.19. The Kier molecular flexibility index (Phi) is 3.52. The molecule has 0 amide bonds. The molecule has 1 N–H and O–H groups in total. The van der Waals surface area contributed by atoms with Gasteiger partial charge in [0, 0.05) is 43.3 Å². The quantitative estimate of drug-likeness (QED) is 0.932. The first-order valence-electron chi connectivity index (χ1n) is 7.49. The topological polar surface area (TPSA) is 35.2 Å². The van der Waals surface area contributed by atoms with Gasteiger partial charge in [-0.2, -0.15) is 0 Å². The van der Waals surface area contributed by atoms with E-state index in [0.29, 0.717) is 0 Å². The summed E-state index contributed by atoms with van der Waals surface area (Å²) in [5.41, 5.74) is 2.40. The number of fused-ring (bicyclic) bond motifs is 1. The minimum Gasteiger partial charge on any atom is -0.346 e. The van der Waals surface area contributed by atoms with Gasteiger partial charge in [-0.3, -0.25) is 9.80 Å². The fourth-order valence-electron chi connectivity index (χ4n) is 3.30.